The van der Waals surface area contributed by atoms with Crippen LogP contribution >= 0.6 is 0 Å². The Kier molecular flexibility index (Phi) is 5.54. The minimum atomic E-state index is -0.499. The number of nitrogens with zero attached hydrogens (tertiary/aromatic N) is 1. The maximum absolute atomic E-state index is 12.9. The zero-order valence-electron chi connectivity index (χ0n) is 13.0. The summed E-state index contributed by atoms with van der Waals surface area (Å²) >= 11 is 0. The van der Waals surface area contributed by atoms with Crippen LogP contribution in [-0.2, 0) is 0 Å². The molecule has 6 heteroatoms. The number of likely N-dealkylation sites (N-methyl/N-ethyl adjacent to an activating group) is 1. The Bertz CT molecular complexity index is 644. The highest BCUT2D eigenvalue weighted by Crippen LogP contribution is 2.22. The van der Waals surface area contributed by atoms with Gasteiger partial charge in [0.15, 0.2) is 0 Å². The van der Waals surface area contributed by atoms with E-state index in [0.717, 1.165) is 5.56 Å². The summed E-state index contributed by atoms with van der Waals surface area (Å²) in [5.41, 5.74) is 1.26. The highest BCUT2D eigenvalue weighted by molar-refractivity contribution is 5.89. The van der Waals surface area contributed by atoms with Crippen LogP contribution in [0.15, 0.2) is 48.5 Å². The van der Waals surface area contributed by atoms with E-state index >= 15 is 0 Å². The number of hydrogen-bond donors (Lipinski definition) is 2. The normalized spacial score (nSPS) is 11.7. The fourth-order valence-electron chi connectivity index (χ4n) is 2.16. The van der Waals surface area contributed by atoms with Gasteiger partial charge in [0.2, 0.25) is 0 Å². The lowest BCUT2D eigenvalue weighted by Gasteiger charge is -2.27. The molecule has 0 unspecified atom stereocenters. The number of halogens is 1. The van der Waals surface area contributed by atoms with Crippen LogP contribution in [-0.4, -0.2) is 36.8 Å². The molecule has 0 fully saturated rings. The number of rotatable bonds is 5. The Hall–Kier alpha value is -2.60. The van der Waals surface area contributed by atoms with Crippen LogP contribution in [0.3, 0.4) is 0 Å². The van der Waals surface area contributed by atoms with Gasteiger partial charge in [-0.15, -0.1) is 0 Å². The minimum Gasteiger partial charge on any atom is -0.497 e. The van der Waals surface area contributed by atoms with Crippen molar-refractivity contribution in [3.05, 3.63) is 59.9 Å². The van der Waals surface area contributed by atoms with Crippen molar-refractivity contribution >= 4 is 11.7 Å². The van der Waals surface area contributed by atoms with Gasteiger partial charge in [-0.05, 0) is 42.0 Å². The van der Waals surface area contributed by atoms with E-state index in [0.29, 0.717) is 11.4 Å². The van der Waals surface area contributed by atoms with Crippen LogP contribution in [0.5, 0.6) is 5.75 Å². The van der Waals surface area contributed by atoms with Crippen LogP contribution in [0.2, 0.25) is 0 Å². The molecule has 2 aromatic carbocycles. The summed E-state index contributed by atoms with van der Waals surface area (Å²) < 4.78 is 18.0. The standard InChI is InChI=1S/C17H19FN2O3/c1-20(17(22)19-14-7-5-13(18)6-8-14)16(11-21)12-3-9-15(23-2)10-4-12/h3-10,16,21H,11H2,1-2H3,(H,19,22)/t16-/m1/s1. The fourth-order valence-corrected chi connectivity index (χ4v) is 2.16. The second-order valence-corrected chi connectivity index (χ2v) is 5.02. The van der Waals surface area contributed by atoms with Gasteiger partial charge in [0.05, 0.1) is 19.8 Å². The monoisotopic (exact) mass is 318 g/mol. The molecule has 0 aliphatic heterocycles. The maximum atomic E-state index is 12.9. The number of aliphatic hydroxyl groups is 1. The number of hydrogen-bond acceptors (Lipinski definition) is 3. The fraction of sp³-hybridized carbons (Fsp3) is 0.235. The molecule has 0 aliphatic rings. The second kappa shape index (κ2) is 7.60. The van der Waals surface area contributed by atoms with Gasteiger partial charge in [0.1, 0.15) is 11.6 Å². The SMILES string of the molecule is COc1ccc([C@@H](CO)N(C)C(=O)Nc2ccc(F)cc2)cc1. The van der Waals surface area contributed by atoms with Gasteiger partial charge >= 0.3 is 6.03 Å². The predicted molar refractivity (Wildman–Crippen MR) is 86.0 cm³/mol. The van der Waals surface area contributed by atoms with Gasteiger partial charge in [-0.25, -0.2) is 9.18 Å². The van der Waals surface area contributed by atoms with Gasteiger partial charge in [0, 0.05) is 12.7 Å². The van der Waals surface area contributed by atoms with Crippen LogP contribution in [0.25, 0.3) is 0 Å². The van der Waals surface area contributed by atoms with E-state index in [9.17, 15) is 14.3 Å². The number of urea groups is 1. The number of amides is 2. The summed E-state index contributed by atoms with van der Waals surface area (Å²) in [6.45, 7) is -0.223. The quantitative estimate of drug-likeness (QED) is 0.891. The first-order valence-electron chi connectivity index (χ1n) is 7.09. The Morgan fingerprint density at radius 3 is 2.35 bits per heavy atom. The molecular formula is C17H19FN2O3. The number of nitrogens with one attached hydrogen (secondary N) is 1. The first-order chi connectivity index (χ1) is 11.0. The molecule has 5 nitrogen and oxygen atoms in total. The maximum Gasteiger partial charge on any atom is 0.322 e. The molecule has 2 amide bonds. The third-order valence-corrected chi connectivity index (χ3v) is 3.56. The molecule has 1 atom stereocenters. The number of carbonyl (C=O) groups is 1. The van der Waals surface area contributed by atoms with Crippen molar-refractivity contribution < 1.29 is 19.0 Å². The van der Waals surface area contributed by atoms with Crippen molar-refractivity contribution in [3.63, 3.8) is 0 Å². The molecule has 2 aromatic rings. The molecule has 0 saturated heterocycles. The molecule has 0 radical (unpaired) electrons. The molecule has 0 spiro atoms. The molecule has 0 saturated carbocycles. The second-order valence-electron chi connectivity index (χ2n) is 5.02. The number of ether oxygens (including phenoxy) is 1. The first-order valence-corrected chi connectivity index (χ1v) is 7.09. The highest BCUT2D eigenvalue weighted by Gasteiger charge is 2.21. The van der Waals surface area contributed by atoms with E-state index in [2.05, 4.69) is 5.32 Å². The van der Waals surface area contributed by atoms with E-state index in [-0.39, 0.29) is 12.4 Å². The Morgan fingerprint density at radius 1 is 1.22 bits per heavy atom. The molecule has 0 bridgehead atoms. The lowest BCUT2D eigenvalue weighted by Crippen LogP contribution is -2.36. The van der Waals surface area contributed by atoms with Gasteiger partial charge in [-0.2, -0.15) is 0 Å². The van der Waals surface area contributed by atoms with E-state index < -0.39 is 12.1 Å². The summed E-state index contributed by atoms with van der Waals surface area (Å²) in [6, 6.07) is 11.7. The van der Waals surface area contributed by atoms with Crippen LogP contribution < -0.4 is 10.1 Å². The molecular weight excluding hydrogens is 299 g/mol. The Balaban J connectivity index is 2.09. The zero-order chi connectivity index (χ0) is 16.8. The van der Waals surface area contributed by atoms with E-state index in [1.54, 1.807) is 38.4 Å². The van der Waals surface area contributed by atoms with E-state index in [4.69, 9.17) is 4.74 Å². The van der Waals surface area contributed by atoms with Crippen molar-refractivity contribution in [2.75, 3.05) is 26.1 Å². The topological polar surface area (TPSA) is 61.8 Å². The zero-order valence-corrected chi connectivity index (χ0v) is 13.0. The number of anilines is 1. The van der Waals surface area contributed by atoms with Gasteiger partial charge in [0.25, 0.3) is 0 Å². The molecule has 23 heavy (non-hydrogen) atoms. The molecule has 2 rings (SSSR count). The Morgan fingerprint density at radius 2 is 1.83 bits per heavy atom. The van der Waals surface area contributed by atoms with Crippen molar-refractivity contribution in [1.29, 1.82) is 0 Å². The summed E-state index contributed by atoms with van der Waals surface area (Å²) in [6.07, 6.45) is 0. The van der Waals surface area contributed by atoms with E-state index in [1.807, 2.05) is 0 Å². The summed E-state index contributed by atoms with van der Waals surface area (Å²) in [7, 11) is 3.16. The van der Waals surface area contributed by atoms with Crippen molar-refractivity contribution in [2.24, 2.45) is 0 Å². The van der Waals surface area contributed by atoms with Crippen LogP contribution in [0.1, 0.15) is 11.6 Å². The Labute approximate surface area is 134 Å². The van der Waals surface area contributed by atoms with Crippen molar-refractivity contribution in [2.45, 2.75) is 6.04 Å². The predicted octanol–water partition coefficient (Wildman–Crippen LogP) is 3.03. The molecule has 122 valence electrons. The van der Waals surface area contributed by atoms with Gasteiger partial charge < -0.3 is 20.1 Å². The molecule has 0 heterocycles. The third kappa shape index (κ3) is 4.20. The van der Waals surface area contributed by atoms with Crippen molar-refractivity contribution in [3.8, 4) is 5.75 Å². The number of benzene rings is 2. The number of aliphatic hydroxyl groups excluding tert-OH is 1. The number of carbonyl (C=O) groups excluding carboxylic acids is 1. The van der Waals surface area contributed by atoms with Crippen molar-refractivity contribution in [1.82, 2.24) is 4.90 Å². The summed E-state index contributed by atoms with van der Waals surface area (Å²) in [5.74, 6) is 0.326. The highest BCUT2D eigenvalue weighted by atomic mass is 19.1. The smallest absolute Gasteiger partial charge is 0.322 e. The average Bonchev–Trinajstić information content (AvgIpc) is 2.58. The molecule has 0 aromatic heterocycles. The summed E-state index contributed by atoms with van der Waals surface area (Å²) in [5, 5.41) is 12.3. The number of methoxy groups -OCH3 is 1. The minimum absolute atomic E-state index is 0.223. The molecule has 0 aliphatic carbocycles. The average molecular weight is 318 g/mol. The first kappa shape index (κ1) is 16.8. The van der Waals surface area contributed by atoms with E-state index in [1.165, 1.54) is 29.2 Å². The third-order valence-electron chi connectivity index (χ3n) is 3.56. The molecule has 2 N–H and O–H groups in total. The summed E-state index contributed by atoms with van der Waals surface area (Å²) in [4.78, 5) is 13.7. The lowest BCUT2D eigenvalue weighted by molar-refractivity contribution is 0.159. The van der Waals surface area contributed by atoms with Crippen LogP contribution in [0.4, 0.5) is 14.9 Å². The lowest BCUT2D eigenvalue weighted by atomic mass is 10.1. The van der Waals surface area contributed by atoms with Crippen LogP contribution in [0, 0.1) is 5.82 Å². The van der Waals surface area contributed by atoms with Gasteiger partial charge in [-0.1, -0.05) is 12.1 Å². The largest absolute Gasteiger partial charge is 0.497 e. The van der Waals surface area contributed by atoms with Gasteiger partial charge in [-0.3, -0.25) is 0 Å².